The summed E-state index contributed by atoms with van der Waals surface area (Å²) in [5.41, 5.74) is 1.55. The first-order valence-corrected chi connectivity index (χ1v) is 6.76. The Bertz CT molecular complexity index is 804. The van der Waals surface area contributed by atoms with Crippen molar-refractivity contribution in [2.24, 2.45) is 0 Å². The third-order valence-electron chi connectivity index (χ3n) is 2.99. The van der Waals surface area contributed by atoms with Gasteiger partial charge < -0.3 is 4.74 Å². The summed E-state index contributed by atoms with van der Waals surface area (Å²) in [5, 5.41) is 0. The van der Waals surface area contributed by atoms with Crippen LogP contribution in [0.5, 0.6) is 5.75 Å². The number of hydrogen-bond acceptors (Lipinski definition) is 5. The Labute approximate surface area is 127 Å². The van der Waals surface area contributed by atoms with Crippen molar-refractivity contribution >= 4 is 5.97 Å². The van der Waals surface area contributed by atoms with Crippen molar-refractivity contribution in [2.45, 2.75) is 6.92 Å². The lowest BCUT2D eigenvalue weighted by Crippen LogP contribution is -2.04. The van der Waals surface area contributed by atoms with Crippen LogP contribution in [0.25, 0.3) is 22.8 Å². The van der Waals surface area contributed by atoms with Crippen molar-refractivity contribution in [3.05, 3.63) is 60.9 Å². The Morgan fingerprint density at radius 2 is 1.59 bits per heavy atom. The molecule has 5 nitrogen and oxygen atoms in total. The molecule has 0 aliphatic rings. The third-order valence-corrected chi connectivity index (χ3v) is 2.99. The average molecular weight is 291 g/mol. The van der Waals surface area contributed by atoms with Crippen molar-refractivity contribution < 1.29 is 9.53 Å². The molecule has 108 valence electrons. The maximum Gasteiger partial charge on any atom is 0.308 e. The van der Waals surface area contributed by atoms with Gasteiger partial charge in [-0.25, -0.2) is 15.0 Å². The molecule has 0 fully saturated rings. The minimum atomic E-state index is -0.384. The monoisotopic (exact) mass is 291 g/mol. The van der Waals surface area contributed by atoms with Gasteiger partial charge in [-0.3, -0.25) is 4.79 Å². The van der Waals surface area contributed by atoms with Crippen LogP contribution in [-0.2, 0) is 4.79 Å². The highest BCUT2D eigenvalue weighted by atomic mass is 16.5. The predicted octanol–water partition coefficient (Wildman–Crippen LogP) is 3.13. The zero-order valence-electron chi connectivity index (χ0n) is 11.9. The molecule has 5 heteroatoms. The SMILES string of the molecule is CC(=O)Oc1ccccc1-c1ncnc(-c2ccccc2)n1. The van der Waals surface area contributed by atoms with Gasteiger partial charge >= 0.3 is 5.97 Å². The summed E-state index contributed by atoms with van der Waals surface area (Å²) in [6.45, 7) is 1.36. The molecule has 1 aromatic heterocycles. The zero-order chi connectivity index (χ0) is 15.4. The van der Waals surface area contributed by atoms with Crippen molar-refractivity contribution in [3.8, 4) is 28.5 Å². The molecule has 0 saturated carbocycles. The Balaban J connectivity index is 2.05. The Morgan fingerprint density at radius 1 is 0.909 bits per heavy atom. The van der Waals surface area contributed by atoms with Crippen LogP contribution < -0.4 is 4.74 Å². The predicted molar refractivity (Wildman–Crippen MR) is 82.0 cm³/mol. The zero-order valence-corrected chi connectivity index (χ0v) is 11.9. The molecule has 1 heterocycles. The van der Waals surface area contributed by atoms with E-state index in [4.69, 9.17) is 4.74 Å². The summed E-state index contributed by atoms with van der Waals surface area (Å²) in [4.78, 5) is 24.1. The molecule has 2 aromatic carbocycles. The van der Waals surface area contributed by atoms with Gasteiger partial charge in [0.1, 0.15) is 12.1 Å². The molecule has 3 aromatic rings. The normalized spacial score (nSPS) is 10.2. The van der Waals surface area contributed by atoms with E-state index in [9.17, 15) is 4.79 Å². The van der Waals surface area contributed by atoms with Crippen LogP contribution in [0.3, 0.4) is 0 Å². The second-order valence-electron chi connectivity index (χ2n) is 4.59. The van der Waals surface area contributed by atoms with Gasteiger partial charge in [0, 0.05) is 12.5 Å². The van der Waals surface area contributed by atoms with E-state index in [0.717, 1.165) is 5.56 Å². The fourth-order valence-electron chi connectivity index (χ4n) is 2.05. The molecular weight excluding hydrogens is 278 g/mol. The first-order valence-electron chi connectivity index (χ1n) is 6.76. The second-order valence-corrected chi connectivity index (χ2v) is 4.59. The van der Waals surface area contributed by atoms with Crippen molar-refractivity contribution in [1.82, 2.24) is 15.0 Å². The molecule has 0 aliphatic carbocycles. The van der Waals surface area contributed by atoms with Crippen LogP contribution in [0, 0.1) is 0 Å². The summed E-state index contributed by atoms with van der Waals surface area (Å²) in [6.07, 6.45) is 1.45. The van der Waals surface area contributed by atoms with E-state index in [0.29, 0.717) is 23.0 Å². The molecule has 0 radical (unpaired) electrons. The number of carbonyl (C=O) groups is 1. The van der Waals surface area contributed by atoms with E-state index < -0.39 is 0 Å². The quantitative estimate of drug-likeness (QED) is 0.548. The topological polar surface area (TPSA) is 65.0 Å². The summed E-state index contributed by atoms with van der Waals surface area (Å²) < 4.78 is 5.21. The van der Waals surface area contributed by atoms with Crippen LogP contribution >= 0.6 is 0 Å². The lowest BCUT2D eigenvalue weighted by molar-refractivity contribution is -0.131. The first-order chi connectivity index (χ1) is 10.7. The van der Waals surface area contributed by atoms with Crippen LogP contribution in [0.2, 0.25) is 0 Å². The standard InChI is InChI=1S/C17H13N3O2/c1-12(21)22-15-10-6-5-9-14(15)17-19-11-18-16(20-17)13-7-3-2-4-8-13/h2-11H,1H3. The van der Waals surface area contributed by atoms with E-state index in [2.05, 4.69) is 15.0 Å². The minimum absolute atomic E-state index is 0.384. The number of para-hydroxylation sites is 1. The van der Waals surface area contributed by atoms with Crippen LogP contribution in [0.4, 0.5) is 0 Å². The lowest BCUT2D eigenvalue weighted by Gasteiger charge is -2.08. The molecule has 22 heavy (non-hydrogen) atoms. The lowest BCUT2D eigenvalue weighted by atomic mass is 10.1. The largest absolute Gasteiger partial charge is 0.426 e. The van der Waals surface area contributed by atoms with Gasteiger partial charge in [-0.05, 0) is 12.1 Å². The van der Waals surface area contributed by atoms with Crippen molar-refractivity contribution in [3.63, 3.8) is 0 Å². The molecular formula is C17H13N3O2. The smallest absolute Gasteiger partial charge is 0.308 e. The van der Waals surface area contributed by atoms with Gasteiger partial charge in [-0.2, -0.15) is 0 Å². The number of aromatic nitrogens is 3. The van der Waals surface area contributed by atoms with Crippen LogP contribution in [-0.4, -0.2) is 20.9 Å². The number of hydrogen-bond donors (Lipinski definition) is 0. The maximum absolute atomic E-state index is 11.2. The molecule has 0 atom stereocenters. The molecule has 0 spiro atoms. The number of esters is 1. The van der Waals surface area contributed by atoms with E-state index in [1.165, 1.54) is 13.3 Å². The maximum atomic E-state index is 11.2. The number of rotatable bonds is 3. The summed E-state index contributed by atoms with van der Waals surface area (Å²) in [5.74, 6) is 1.08. The van der Waals surface area contributed by atoms with Crippen LogP contribution in [0.1, 0.15) is 6.92 Å². The van der Waals surface area contributed by atoms with Crippen molar-refractivity contribution in [1.29, 1.82) is 0 Å². The van der Waals surface area contributed by atoms with Gasteiger partial charge in [-0.15, -0.1) is 0 Å². The number of benzene rings is 2. The molecule has 0 unspecified atom stereocenters. The highest BCUT2D eigenvalue weighted by Gasteiger charge is 2.12. The van der Waals surface area contributed by atoms with E-state index in [1.807, 2.05) is 42.5 Å². The average Bonchev–Trinajstić information content (AvgIpc) is 2.56. The fraction of sp³-hybridized carbons (Fsp3) is 0.0588. The van der Waals surface area contributed by atoms with Crippen molar-refractivity contribution in [2.75, 3.05) is 0 Å². The van der Waals surface area contributed by atoms with E-state index in [-0.39, 0.29) is 5.97 Å². The van der Waals surface area contributed by atoms with E-state index >= 15 is 0 Å². The Morgan fingerprint density at radius 3 is 2.36 bits per heavy atom. The summed E-state index contributed by atoms with van der Waals surface area (Å²) in [7, 11) is 0. The number of carbonyl (C=O) groups excluding carboxylic acids is 1. The minimum Gasteiger partial charge on any atom is -0.426 e. The number of nitrogens with zero attached hydrogens (tertiary/aromatic N) is 3. The molecule has 0 aliphatic heterocycles. The second kappa shape index (κ2) is 6.13. The number of ether oxygens (including phenoxy) is 1. The van der Waals surface area contributed by atoms with Gasteiger partial charge in [0.15, 0.2) is 11.6 Å². The van der Waals surface area contributed by atoms with Gasteiger partial charge in [-0.1, -0.05) is 42.5 Å². The van der Waals surface area contributed by atoms with Crippen LogP contribution in [0.15, 0.2) is 60.9 Å². The molecule has 0 bridgehead atoms. The molecule has 3 rings (SSSR count). The Hall–Kier alpha value is -3.08. The Kier molecular flexibility index (Phi) is 3.87. The van der Waals surface area contributed by atoms with Gasteiger partial charge in [0.25, 0.3) is 0 Å². The first kappa shape index (κ1) is 13.9. The van der Waals surface area contributed by atoms with Gasteiger partial charge in [0.2, 0.25) is 0 Å². The molecule has 0 N–H and O–H groups in total. The summed E-state index contributed by atoms with van der Waals surface area (Å²) in [6, 6.07) is 16.8. The fourth-order valence-corrected chi connectivity index (χ4v) is 2.05. The highest BCUT2D eigenvalue weighted by Crippen LogP contribution is 2.28. The van der Waals surface area contributed by atoms with E-state index in [1.54, 1.807) is 12.1 Å². The molecule has 0 amide bonds. The van der Waals surface area contributed by atoms with Gasteiger partial charge in [0.05, 0.1) is 5.56 Å². The summed E-state index contributed by atoms with van der Waals surface area (Å²) >= 11 is 0. The highest BCUT2D eigenvalue weighted by molar-refractivity contribution is 5.74. The molecule has 0 saturated heterocycles. The third kappa shape index (κ3) is 2.98.